The summed E-state index contributed by atoms with van der Waals surface area (Å²) in [5, 5.41) is 3.15. The number of hydrogen-bond donors (Lipinski definition) is 2. The molecule has 1 aliphatic carbocycles. The van der Waals surface area contributed by atoms with E-state index in [0.717, 1.165) is 30.9 Å². The Morgan fingerprint density at radius 3 is 2.83 bits per heavy atom. The van der Waals surface area contributed by atoms with Crippen molar-refractivity contribution in [3.05, 3.63) is 18.2 Å². The summed E-state index contributed by atoms with van der Waals surface area (Å²) < 4.78 is 16.6. The van der Waals surface area contributed by atoms with Crippen molar-refractivity contribution >= 4 is 11.6 Å². The lowest BCUT2D eigenvalue weighted by molar-refractivity contribution is -0.182. The molecular weight excluding hydrogens is 306 g/mol. The van der Waals surface area contributed by atoms with Crippen LogP contribution in [0.25, 0.3) is 0 Å². The number of benzene rings is 1. The zero-order valence-corrected chi connectivity index (χ0v) is 14.8. The number of aliphatic imine (C=N–C) groups is 1. The lowest BCUT2D eigenvalue weighted by Gasteiger charge is -2.58. The van der Waals surface area contributed by atoms with Crippen LogP contribution >= 0.6 is 0 Å². The maximum Gasteiger partial charge on any atom is 0.193 e. The van der Waals surface area contributed by atoms with Gasteiger partial charge in [-0.05, 0) is 25.0 Å². The zero-order valence-electron chi connectivity index (χ0n) is 14.8. The van der Waals surface area contributed by atoms with E-state index < -0.39 is 0 Å². The number of hydrogen-bond acceptors (Lipinski definition) is 4. The number of methoxy groups -OCH3 is 2. The third-order valence-corrected chi connectivity index (χ3v) is 5.22. The Bertz CT molecular complexity index is 630. The summed E-state index contributed by atoms with van der Waals surface area (Å²) in [5.41, 5.74) is 6.93. The van der Waals surface area contributed by atoms with Crippen LogP contribution in [0.15, 0.2) is 23.2 Å². The van der Waals surface area contributed by atoms with E-state index in [1.807, 2.05) is 18.2 Å². The number of guanidine groups is 1. The van der Waals surface area contributed by atoms with Gasteiger partial charge in [0.2, 0.25) is 0 Å². The molecule has 2 fully saturated rings. The van der Waals surface area contributed by atoms with Gasteiger partial charge < -0.3 is 25.3 Å². The SMILES string of the molecule is COc1ccc(OC)c(NC(N)=NC2C3CCCOC3C2(C)C)c1. The van der Waals surface area contributed by atoms with Crippen LogP contribution in [-0.2, 0) is 4.74 Å². The third kappa shape index (κ3) is 2.90. The van der Waals surface area contributed by atoms with Gasteiger partial charge in [0.05, 0.1) is 32.1 Å². The minimum absolute atomic E-state index is 0.00977. The van der Waals surface area contributed by atoms with E-state index in [0.29, 0.717) is 23.7 Å². The van der Waals surface area contributed by atoms with E-state index in [2.05, 4.69) is 19.2 Å². The van der Waals surface area contributed by atoms with Crippen molar-refractivity contribution in [2.45, 2.75) is 38.8 Å². The molecule has 6 heteroatoms. The molecule has 1 aliphatic heterocycles. The van der Waals surface area contributed by atoms with Gasteiger partial charge in [-0.2, -0.15) is 0 Å². The molecule has 3 unspecified atom stereocenters. The highest BCUT2D eigenvalue weighted by molar-refractivity contribution is 5.94. The van der Waals surface area contributed by atoms with Gasteiger partial charge >= 0.3 is 0 Å². The van der Waals surface area contributed by atoms with Crippen LogP contribution in [0.2, 0.25) is 0 Å². The van der Waals surface area contributed by atoms with Crippen molar-refractivity contribution in [1.82, 2.24) is 0 Å². The molecule has 3 N–H and O–H groups in total. The molecule has 0 amide bonds. The predicted molar refractivity (Wildman–Crippen MR) is 94.8 cm³/mol. The first-order valence-electron chi connectivity index (χ1n) is 8.41. The second-order valence-corrected chi connectivity index (χ2v) is 7.07. The summed E-state index contributed by atoms with van der Waals surface area (Å²) in [5.74, 6) is 2.28. The summed E-state index contributed by atoms with van der Waals surface area (Å²) >= 11 is 0. The van der Waals surface area contributed by atoms with Gasteiger partial charge in [0.1, 0.15) is 11.5 Å². The van der Waals surface area contributed by atoms with E-state index in [4.69, 9.17) is 24.9 Å². The molecule has 0 spiro atoms. The quantitative estimate of drug-likeness (QED) is 0.654. The zero-order chi connectivity index (χ0) is 17.3. The van der Waals surface area contributed by atoms with Crippen molar-refractivity contribution in [3.63, 3.8) is 0 Å². The Kier molecular flexibility index (Phi) is 4.58. The lowest BCUT2D eigenvalue weighted by Crippen LogP contribution is -2.64. The first-order chi connectivity index (χ1) is 11.5. The summed E-state index contributed by atoms with van der Waals surface area (Å²) in [6.45, 7) is 5.26. The molecule has 24 heavy (non-hydrogen) atoms. The van der Waals surface area contributed by atoms with Gasteiger partial charge in [0.15, 0.2) is 5.96 Å². The van der Waals surface area contributed by atoms with Crippen LogP contribution in [0.5, 0.6) is 11.5 Å². The Hall–Kier alpha value is -1.95. The highest BCUT2D eigenvalue weighted by Crippen LogP contribution is 2.53. The topological polar surface area (TPSA) is 78.1 Å². The van der Waals surface area contributed by atoms with Crippen molar-refractivity contribution in [1.29, 1.82) is 0 Å². The first kappa shape index (κ1) is 16.9. The van der Waals surface area contributed by atoms with Crippen LogP contribution < -0.4 is 20.5 Å². The van der Waals surface area contributed by atoms with Crippen LogP contribution in [0.4, 0.5) is 5.69 Å². The second kappa shape index (κ2) is 6.51. The normalized spacial score (nSPS) is 28.5. The molecule has 1 heterocycles. The largest absolute Gasteiger partial charge is 0.497 e. The van der Waals surface area contributed by atoms with Crippen LogP contribution in [0.1, 0.15) is 26.7 Å². The molecule has 132 valence electrons. The Balaban J connectivity index is 1.77. The molecule has 0 radical (unpaired) electrons. The van der Waals surface area contributed by atoms with E-state index in [1.54, 1.807) is 14.2 Å². The van der Waals surface area contributed by atoms with Crippen molar-refractivity contribution in [2.75, 3.05) is 26.1 Å². The fourth-order valence-electron chi connectivity index (χ4n) is 3.99. The van der Waals surface area contributed by atoms with Gasteiger partial charge in [-0.15, -0.1) is 0 Å². The minimum atomic E-state index is 0.00977. The van der Waals surface area contributed by atoms with Gasteiger partial charge in [0, 0.05) is 24.0 Å². The summed E-state index contributed by atoms with van der Waals surface area (Å²) in [7, 11) is 3.25. The number of anilines is 1. The molecule has 1 aromatic rings. The standard InChI is InChI=1S/C18H27N3O3/c1-18(2)15(12-6-5-9-24-16(12)18)21-17(19)20-13-10-11(22-3)7-8-14(13)23-4/h7-8,10,12,15-16H,5-6,9H2,1-4H3,(H3,19,20,21). The number of ether oxygens (including phenoxy) is 3. The number of nitrogens with one attached hydrogen (secondary N) is 1. The van der Waals surface area contributed by atoms with E-state index in [9.17, 15) is 0 Å². The van der Waals surface area contributed by atoms with Gasteiger partial charge in [-0.25, -0.2) is 4.99 Å². The molecule has 3 rings (SSSR count). The number of rotatable bonds is 4. The number of fused-ring (bicyclic) bond motifs is 1. The minimum Gasteiger partial charge on any atom is -0.497 e. The molecule has 2 aliphatic rings. The number of nitrogens with zero attached hydrogens (tertiary/aromatic N) is 1. The maximum absolute atomic E-state index is 6.18. The van der Waals surface area contributed by atoms with Crippen molar-refractivity contribution in [2.24, 2.45) is 22.1 Å². The van der Waals surface area contributed by atoms with E-state index >= 15 is 0 Å². The highest BCUT2D eigenvalue weighted by Gasteiger charge is 2.58. The van der Waals surface area contributed by atoms with E-state index in [-0.39, 0.29) is 11.5 Å². The van der Waals surface area contributed by atoms with Crippen LogP contribution in [-0.4, -0.2) is 38.9 Å². The Labute approximate surface area is 143 Å². The van der Waals surface area contributed by atoms with Gasteiger partial charge in [-0.1, -0.05) is 13.8 Å². The molecule has 0 bridgehead atoms. The van der Waals surface area contributed by atoms with Gasteiger partial charge in [0.25, 0.3) is 0 Å². The van der Waals surface area contributed by atoms with Crippen LogP contribution in [0, 0.1) is 11.3 Å². The number of nitrogens with two attached hydrogens (primary N) is 1. The smallest absolute Gasteiger partial charge is 0.193 e. The van der Waals surface area contributed by atoms with Crippen molar-refractivity contribution < 1.29 is 14.2 Å². The average molecular weight is 333 g/mol. The van der Waals surface area contributed by atoms with Crippen LogP contribution in [0.3, 0.4) is 0 Å². The lowest BCUT2D eigenvalue weighted by atomic mass is 9.55. The molecular formula is C18H27N3O3. The molecule has 6 nitrogen and oxygen atoms in total. The Morgan fingerprint density at radius 2 is 2.12 bits per heavy atom. The third-order valence-electron chi connectivity index (χ3n) is 5.22. The van der Waals surface area contributed by atoms with Gasteiger partial charge in [-0.3, -0.25) is 0 Å². The summed E-state index contributed by atoms with van der Waals surface area (Å²) in [6, 6.07) is 5.70. The summed E-state index contributed by atoms with van der Waals surface area (Å²) in [4.78, 5) is 4.75. The van der Waals surface area contributed by atoms with Crippen molar-refractivity contribution in [3.8, 4) is 11.5 Å². The average Bonchev–Trinajstić information content (AvgIpc) is 2.59. The molecule has 1 aromatic carbocycles. The predicted octanol–water partition coefficient (Wildman–Crippen LogP) is 2.63. The molecule has 1 saturated carbocycles. The molecule has 3 atom stereocenters. The Morgan fingerprint density at radius 1 is 1.33 bits per heavy atom. The fraction of sp³-hybridized carbons (Fsp3) is 0.611. The monoisotopic (exact) mass is 333 g/mol. The maximum atomic E-state index is 6.18. The fourth-order valence-corrected chi connectivity index (χ4v) is 3.99. The van der Waals surface area contributed by atoms with E-state index in [1.165, 1.54) is 0 Å². The molecule has 1 saturated heterocycles. The highest BCUT2D eigenvalue weighted by atomic mass is 16.5. The molecule has 0 aromatic heterocycles. The second-order valence-electron chi connectivity index (χ2n) is 7.07. The first-order valence-corrected chi connectivity index (χ1v) is 8.41. The summed E-state index contributed by atoms with van der Waals surface area (Å²) in [6.07, 6.45) is 2.54.